The second-order valence-corrected chi connectivity index (χ2v) is 5.23. The van der Waals surface area contributed by atoms with Crippen LogP contribution in [-0.4, -0.2) is 0 Å². The van der Waals surface area contributed by atoms with Crippen LogP contribution in [0, 0.1) is 17.1 Å². The second-order valence-electron chi connectivity index (χ2n) is 3.52. The van der Waals surface area contributed by atoms with Crippen LogP contribution < -0.4 is 5.32 Å². The van der Waals surface area contributed by atoms with Crippen LogP contribution in [0.3, 0.4) is 0 Å². The zero-order valence-electron chi connectivity index (χ0n) is 9.05. The highest BCUT2D eigenvalue weighted by atomic mass is 79.9. The summed E-state index contributed by atoms with van der Waals surface area (Å²) < 4.78 is 14.7. The van der Waals surface area contributed by atoms with Crippen molar-refractivity contribution in [1.29, 1.82) is 5.26 Å². The lowest BCUT2D eigenvalue weighted by atomic mass is 10.2. The number of anilines is 2. The zero-order chi connectivity index (χ0) is 13.1. The highest BCUT2D eigenvalue weighted by Crippen LogP contribution is 2.34. The monoisotopic (exact) mass is 368 g/mol. The average molecular weight is 370 g/mol. The lowest BCUT2D eigenvalue weighted by Gasteiger charge is -2.11. The van der Waals surface area contributed by atoms with Crippen molar-refractivity contribution < 1.29 is 4.39 Å². The van der Waals surface area contributed by atoms with E-state index >= 15 is 0 Å². The van der Waals surface area contributed by atoms with Crippen molar-refractivity contribution in [3.63, 3.8) is 0 Å². The molecule has 0 aliphatic rings. The third kappa shape index (κ3) is 2.71. The number of rotatable bonds is 2. The molecule has 2 rings (SSSR count). The minimum atomic E-state index is -0.428. The SMILES string of the molecule is N#Cc1cc(F)ccc1Nc1c(Br)cccc1Br. The Hall–Kier alpha value is -1.38. The van der Waals surface area contributed by atoms with E-state index in [1.165, 1.54) is 12.1 Å². The molecule has 0 fully saturated rings. The Morgan fingerprint density at radius 2 is 1.78 bits per heavy atom. The topological polar surface area (TPSA) is 35.8 Å². The van der Waals surface area contributed by atoms with Crippen LogP contribution >= 0.6 is 31.9 Å². The summed E-state index contributed by atoms with van der Waals surface area (Å²) in [7, 11) is 0. The van der Waals surface area contributed by atoms with E-state index < -0.39 is 5.82 Å². The fourth-order valence-electron chi connectivity index (χ4n) is 1.47. The third-order valence-corrected chi connectivity index (χ3v) is 3.65. The highest BCUT2D eigenvalue weighted by molar-refractivity contribution is 9.11. The fourth-order valence-corrected chi connectivity index (χ4v) is 2.67. The van der Waals surface area contributed by atoms with Gasteiger partial charge < -0.3 is 5.32 Å². The van der Waals surface area contributed by atoms with Crippen LogP contribution in [0.2, 0.25) is 0 Å². The van der Waals surface area contributed by atoms with E-state index in [1.807, 2.05) is 24.3 Å². The molecular weight excluding hydrogens is 363 g/mol. The normalized spacial score (nSPS) is 9.89. The smallest absolute Gasteiger partial charge is 0.124 e. The molecule has 2 aromatic carbocycles. The van der Waals surface area contributed by atoms with Gasteiger partial charge in [-0.15, -0.1) is 0 Å². The Labute approximate surface area is 121 Å². The third-order valence-electron chi connectivity index (χ3n) is 2.32. The summed E-state index contributed by atoms with van der Waals surface area (Å²) in [5.41, 5.74) is 1.62. The van der Waals surface area contributed by atoms with Gasteiger partial charge in [0.2, 0.25) is 0 Å². The van der Waals surface area contributed by atoms with Gasteiger partial charge in [0.05, 0.1) is 16.9 Å². The quantitative estimate of drug-likeness (QED) is 0.811. The van der Waals surface area contributed by atoms with Gasteiger partial charge in [0.1, 0.15) is 11.9 Å². The number of nitrogens with one attached hydrogen (secondary N) is 1. The van der Waals surface area contributed by atoms with Gasteiger partial charge in [-0.1, -0.05) is 6.07 Å². The summed E-state index contributed by atoms with van der Waals surface area (Å²) in [6.45, 7) is 0. The number of benzene rings is 2. The van der Waals surface area contributed by atoms with Crippen LogP contribution in [0.4, 0.5) is 15.8 Å². The molecule has 2 nitrogen and oxygen atoms in total. The molecule has 0 aromatic heterocycles. The molecule has 1 N–H and O–H groups in total. The van der Waals surface area contributed by atoms with E-state index in [2.05, 4.69) is 37.2 Å². The lowest BCUT2D eigenvalue weighted by Crippen LogP contribution is -1.96. The van der Waals surface area contributed by atoms with E-state index in [0.29, 0.717) is 5.69 Å². The molecule has 0 bridgehead atoms. The van der Waals surface area contributed by atoms with Gasteiger partial charge in [-0.05, 0) is 62.2 Å². The van der Waals surface area contributed by atoms with Crippen molar-refractivity contribution in [2.45, 2.75) is 0 Å². The van der Waals surface area contributed by atoms with Gasteiger partial charge in [0.15, 0.2) is 0 Å². The molecule has 0 amide bonds. The Morgan fingerprint density at radius 3 is 2.39 bits per heavy atom. The predicted molar refractivity (Wildman–Crippen MR) is 76.2 cm³/mol. The predicted octanol–water partition coefficient (Wildman–Crippen LogP) is 4.97. The molecule has 0 saturated heterocycles. The largest absolute Gasteiger partial charge is 0.353 e. The molecule has 0 saturated carbocycles. The van der Waals surface area contributed by atoms with Crippen LogP contribution in [0.15, 0.2) is 45.3 Å². The molecule has 0 heterocycles. The van der Waals surface area contributed by atoms with Crippen molar-refractivity contribution >= 4 is 43.2 Å². The Kier molecular flexibility index (Phi) is 4.00. The molecule has 0 radical (unpaired) electrons. The number of nitrogens with zero attached hydrogens (tertiary/aromatic N) is 1. The van der Waals surface area contributed by atoms with E-state index in [9.17, 15) is 4.39 Å². The first-order valence-corrected chi connectivity index (χ1v) is 6.61. The molecule has 0 atom stereocenters. The standard InChI is InChI=1S/C13H7Br2FN2/c14-10-2-1-3-11(15)13(10)18-12-5-4-9(16)6-8(12)7-17/h1-6,18H. The number of para-hydroxylation sites is 1. The number of hydrogen-bond donors (Lipinski definition) is 1. The Morgan fingerprint density at radius 1 is 1.11 bits per heavy atom. The van der Waals surface area contributed by atoms with Crippen molar-refractivity contribution in [2.24, 2.45) is 0 Å². The van der Waals surface area contributed by atoms with Crippen molar-refractivity contribution in [2.75, 3.05) is 5.32 Å². The molecule has 0 aliphatic carbocycles. The van der Waals surface area contributed by atoms with E-state index in [-0.39, 0.29) is 5.56 Å². The van der Waals surface area contributed by atoms with E-state index in [0.717, 1.165) is 14.6 Å². The summed E-state index contributed by atoms with van der Waals surface area (Å²) in [6.07, 6.45) is 0. The first-order chi connectivity index (χ1) is 8.61. The van der Waals surface area contributed by atoms with Gasteiger partial charge in [-0.3, -0.25) is 0 Å². The maximum atomic E-state index is 13.0. The summed E-state index contributed by atoms with van der Waals surface area (Å²) in [6, 6.07) is 11.7. The second kappa shape index (κ2) is 5.51. The van der Waals surface area contributed by atoms with Gasteiger partial charge in [-0.2, -0.15) is 5.26 Å². The summed E-state index contributed by atoms with van der Waals surface area (Å²) in [4.78, 5) is 0. The first-order valence-electron chi connectivity index (χ1n) is 5.02. The molecule has 18 heavy (non-hydrogen) atoms. The molecular formula is C13H7Br2FN2. The zero-order valence-corrected chi connectivity index (χ0v) is 12.2. The molecule has 0 aliphatic heterocycles. The first kappa shape index (κ1) is 13.1. The molecule has 0 spiro atoms. The van der Waals surface area contributed by atoms with Gasteiger partial charge >= 0.3 is 0 Å². The molecule has 0 unspecified atom stereocenters. The van der Waals surface area contributed by atoms with Crippen molar-refractivity contribution in [3.05, 3.63) is 56.7 Å². The van der Waals surface area contributed by atoms with Crippen molar-refractivity contribution in [1.82, 2.24) is 0 Å². The summed E-state index contributed by atoms with van der Waals surface area (Å²) in [5, 5.41) is 12.1. The minimum absolute atomic E-state index is 0.262. The van der Waals surface area contributed by atoms with E-state index in [1.54, 1.807) is 6.07 Å². The molecule has 5 heteroatoms. The van der Waals surface area contributed by atoms with Crippen LogP contribution in [0.5, 0.6) is 0 Å². The minimum Gasteiger partial charge on any atom is -0.353 e. The van der Waals surface area contributed by atoms with Gasteiger partial charge in [0, 0.05) is 8.95 Å². The fraction of sp³-hybridized carbons (Fsp3) is 0. The average Bonchev–Trinajstić information content (AvgIpc) is 2.35. The van der Waals surface area contributed by atoms with Crippen LogP contribution in [0.25, 0.3) is 0 Å². The van der Waals surface area contributed by atoms with Crippen molar-refractivity contribution in [3.8, 4) is 6.07 Å². The lowest BCUT2D eigenvalue weighted by molar-refractivity contribution is 0.627. The number of halogens is 3. The van der Waals surface area contributed by atoms with Gasteiger partial charge in [0.25, 0.3) is 0 Å². The maximum absolute atomic E-state index is 13.0. The highest BCUT2D eigenvalue weighted by Gasteiger charge is 2.08. The summed E-state index contributed by atoms with van der Waals surface area (Å²) >= 11 is 6.83. The number of nitriles is 1. The Balaban J connectivity index is 2.44. The van der Waals surface area contributed by atoms with Crippen LogP contribution in [0.1, 0.15) is 5.56 Å². The van der Waals surface area contributed by atoms with E-state index in [4.69, 9.17) is 5.26 Å². The maximum Gasteiger partial charge on any atom is 0.124 e. The summed E-state index contributed by atoms with van der Waals surface area (Å²) in [5.74, 6) is -0.428. The van der Waals surface area contributed by atoms with Crippen LogP contribution in [-0.2, 0) is 0 Å². The van der Waals surface area contributed by atoms with Gasteiger partial charge in [-0.25, -0.2) is 4.39 Å². The molecule has 90 valence electrons. The Bertz CT molecular complexity index is 615. The number of hydrogen-bond acceptors (Lipinski definition) is 2. The molecule has 2 aromatic rings.